The molecule has 0 unspecified atom stereocenters. The molecule has 3 rings (SSSR count). The topological polar surface area (TPSA) is 58.4 Å². The SMILES string of the molecule is Cc1cc([N+](=O)[O-])ccc1NC1CC2(C1)CN(C)C2. The van der Waals surface area contributed by atoms with Crippen molar-refractivity contribution in [3.63, 3.8) is 0 Å². The Labute approximate surface area is 112 Å². The molecular weight excluding hydrogens is 242 g/mol. The van der Waals surface area contributed by atoms with E-state index in [2.05, 4.69) is 17.3 Å². The maximum absolute atomic E-state index is 10.7. The van der Waals surface area contributed by atoms with E-state index in [0.717, 1.165) is 11.3 Å². The molecule has 1 heterocycles. The molecule has 1 aromatic carbocycles. The van der Waals surface area contributed by atoms with Crippen LogP contribution in [0.2, 0.25) is 0 Å². The molecule has 0 radical (unpaired) electrons. The number of benzene rings is 1. The first-order valence-electron chi connectivity index (χ1n) is 6.68. The lowest BCUT2D eigenvalue weighted by Gasteiger charge is -2.58. The largest absolute Gasteiger partial charge is 0.382 e. The summed E-state index contributed by atoms with van der Waals surface area (Å²) in [5.41, 5.74) is 2.69. The van der Waals surface area contributed by atoms with E-state index in [1.54, 1.807) is 12.1 Å². The number of nitrogens with one attached hydrogen (secondary N) is 1. The molecule has 1 N–H and O–H groups in total. The molecule has 2 fully saturated rings. The zero-order valence-corrected chi connectivity index (χ0v) is 11.3. The summed E-state index contributed by atoms with van der Waals surface area (Å²) in [6.07, 6.45) is 2.43. The molecule has 102 valence electrons. The maximum atomic E-state index is 10.7. The lowest BCUT2D eigenvalue weighted by molar-refractivity contribution is -0.384. The average Bonchev–Trinajstić information content (AvgIpc) is 2.26. The van der Waals surface area contributed by atoms with Gasteiger partial charge in [0.15, 0.2) is 0 Å². The molecule has 1 saturated carbocycles. The summed E-state index contributed by atoms with van der Waals surface area (Å²) < 4.78 is 0. The summed E-state index contributed by atoms with van der Waals surface area (Å²) in [6, 6.07) is 5.55. The van der Waals surface area contributed by atoms with Gasteiger partial charge in [-0.3, -0.25) is 10.1 Å². The smallest absolute Gasteiger partial charge is 0.269 e. The first kappa shape index (κ1) is 12.4. The molecule has 2 aliphatic rings. The number of aryl methyl sites for hydroxylation is 1. The summed E-state index contributed by atoms with van der Waals surface area (Å²) in [5.74, 6) is 0. The molecule has 5 nitrogen and oxygen atoms in total. The van der Waals surface area contributed by atoms with Crippen molar-refractivity contribution in [3.8, 4) is 0 Å². The Morgan fingerprint density at radius 2 is 2.11 bits per heavy atom. The number of anilines is 1. The van der Waals surface area contributed by atoms with Crippen molar-refractivity contribution in [2.45, 2.75) is 25.8 Å². The lowest BCUT2D eigenvalue weighted by Crippen LogP contribution is -2.63. The third-order valence-electron chi connectivity index (χ3n) is 4.35. The van der Waals surface area contributed by atoms with Crippen LogP contribution in [0.4, 0.5) is 11.4 Å². The number of hydrogen-bond donors (Lipinski definition) is 1. The highest BCUT2D eigenvalue weighted by atomic mass is 16.6. The molecule has 0 amide bonds. The quantitative estimate of drug-likeness (QED) is 0.670. The average molecular weight is 261 g/mol. The van der Waals surface area contributed by atoms with Gasteiger partial charge < -0.3 is 10.2 Å². The van der Waals surface area contributed by atoms with Gasteiger partial charge in [-0.1, -0.05) is 0 Å². The molecule has 1 aliphatic carbocycles. The first-order valence-corrected chi connectivity index (χ1v) is 6.68. The molecule has 0 bridgehead atoms. The minimum Gasteiger partial charge on any atom is -0.382 e. The van der Waals surface area contributed by atoms with E-state index < -0.39 is 0 Å². The molecule has 5 heteroatoms. The van der Waals surface area contributed by atoms with Crippen molar-refractivity contribution < 1.29 is 4.92 Å². The van der Waals surface area contributed by atoms with E-state index in [-0.39, 0.29) is 10.6 Å². The van der Waals surface area contributed by atoms with Crippen molar-refractivity contribution >= 4 is 11.4 Å². The van der Waals surface area contributed by atoms with Gasteiger partial charge in [-0.25, -0.2) is 0 Å². The number of nitro benzene ring substituents is 1. The van der Waals surface area contributed by atoms with Crippen LogP contribution < -0.4 is 5.32 Å². The second-order valence-electron chi connectivity index (χ2n) is 6.18. The molecule has 19 heavy (non-hydrogen) atoms. The number of rotatable bonds is 3. The summed E-state index contributed by atoms with van der Waals surface area (Å²) >= 11 is 0. The highest BCUT2D eigenvalue weighted by Gasteiger charge is 2.50. The van der Waals surface area contributed by atoms with E-state index in [0.29, 0.717) is 11.5 Å². The minimum atomic E-state index is -0.348. The van der Waals surface area contributed by atoms with Crippen LogP contribution in [0.3, 0.4) is 0 Å². The Morgan fingerprint density at radius 3 is 2.63 bits per heavy atom. The molecule has 0 atom stereocenters. The molecule has 1 spiro atoms. The molecule has 1 saturated heterocycles. The Balaban J connectivity index is 1.61. The van der Waals surface area contributed by atoms with E-state index in [1.165, 1.54) is 25.9 Å². The third kappa shape index (κ3) is 2.18. The van der Waals surface area contributed by atoms with Gasteiger partial charge in [0.05, 0.1) is 4.92 Å². The predicted molar refractivity (Wildman–Crippen MR) is 74.4 cm³/mol. The van der Waals surface area contributed by atoms with Crippen LogP contribution in [0.5, 0.6) is 0 Å². The van der Waals surface area contributed by atoms with Crippen LogP contribution >= 0.6 is 0 Å². The zero-order chi connectivity index (χ0) is 13.6. The molecule has 1 aliphatic heterocycles. The fourth-order valence-electron chi connectivity index (χ4n) is 3.59. The van der Waals surface area contributed by atoms with Crippen LogP contribution in [-0.2, 0) is 0 Å². The summed E-state index contributed by atoms with van der Waals surface area (Å²) in [6.45, 7) is 4.34. The van der Waals surface area contributed by atoms with Gasteiger partial charge >= 0.3 is 0 Å². The zero-order valence-electron chi connectivity index (χ0n) is 11.3. The van der Waals surface area contributed by atoms with E-state index >= 15 is 0 Å². The summed E-state index contributed by atoms with van der Waals surface area (Å²) in [4.78, 5) is 12.7. The van der Waals surface area contributed by atoms with Crippen LogP contribution in [0.15, 0.2) is 18.2 Å². The fraction of sp³-hybridized carbons (Fsp3) is 0.571. The van der Waals surface area contributed by atoms with Crippen LogP contribution in [0, 0.1) is 22.5 Å². The Hall–Kier alpha value is -1.62. The minimum absolute atomic E-state index is 0.161. The molecule has 1 aromatic rings. The number of nitrogens with zero attached hydrogens (tertiary/aromatic N) is 2. The second-order valence-corrected chi connectivity index (χ2v) is 6.18. The van der Waals surface area contributed by atoms with Crippen molar-refractivity contribution in [1.82, 2.24) is 4.90 Å². The van der Waals surface area contributed by atoms with Gasteiger partial charge in [-0.2, -0.15) is 0 Å². The van der Waals surface area contributed by atoms with Gasteiger partial charge in [0.25, 0.3) is 5.69 Å². The standard InChI is InChI=1S/C14H19N3O2/c1-10-5-12(17(18)19)3-4-13(10)15-11-6-14(7-11)8-16(2)9-14/h3-5,11,15H,6-9H2,1-2H3. The van der Waals surface area contributed by atoms with Crippen molar-refractivity contribution in [3.05, 3.63) is 33.9 Å². The Bertz CT molecular complexity index is 515. The van der Waals surface area contributed by atoms with E-state index in [1.807, 2.05) is 13.0 Å². The third-order valence-corrected chi connectivity index (χ3v) is 4.35. The normalized spacial score (nSPS) is 21.8. The second kappa shape index (κ2) is 4.20. The Kier molecular flexibility index (Phi) is 2.74. The van der Waals surface area contributed by atoms with Gasteiger partial charge in [-0.15, -0.1) is 0 Å². The van der Waals surface area contributed by atoms with Crippen LogP contribution in [0.1, 0.15) is 18.4 Å². The number of nitro groups is 1. The van der Waals surface area contributed by atoms with E-state index in [4.69, 9.17) is 0 Å². The number of non-ortho nitro benzene ring substituents is 1. The van der Waals surface area contributed by atoms with Crippen LogP contribution in [0.25, 0.3) is 0 Å². The van der Waals surface area contributed by atoms with Crippen LogP contribution in [-0.4, -0.2) is 36.0 Å². The highest BCUT2D eigenvalue weighted by molar-refractivity contribution is 5.56. The van der Waals surface area contributed by atoms with Crippen molar-refractivity contribution in [1.29, 1.82) is 0 Å². The predicted octanol–water partition coefficient (Wildman–Crippen LogP) is 2.41. The van der Waals surface area contributed by atoms with Gasteiger partial charge in [-0.05, 0) is 43.9 Å². The van der Waals surface area contributed by atoms with Gasteiger partial charge in [0.1, 0.15) is 0 Å². The molecular formula is C14H19N3O2. The molecule has 0 aromatic heterocycles. The summed E-state index contributed by atoms with van der Waals surface area (Å²) in [7, 11) is 2.16. The van der Waals surface area contributed by atoms with Crippen molar-refractivity contribution in [2.75, 3.05) is 25.5 Å². The first-order chi connectivity index (χ1) is 8.97. The summed E-state index contributed by atoms with van der Waals surface area (Å²) in [5, 5.41) is 14.2. The fourth-order valence-corrected chi connectivity index (χ4v) is 3.59. The van der Waals surface area contributed by atoms with E-state index in [9.17, 15) is 10.1 Å². The van der Waals surface area contributed by atoms with Gasteiger partial charge in [0.2, 0.25) is 0 Å². The lowest BCUT2D eigenvalue weighted by atomic mass is 9.61. The monoisotopic (exact) mass is 261 g/mol. The number of likely N-dealkylation sites (tertiary alicyclic amines) is 1. The van der Waals surface area contributed by atoms with Crippen molar-refractivity contribution in [2.24, 2.45) is 5.41 Å². The van der Waals surface area contributed by atoms with Gasteiger partial charge in [0, 0.05) is 37.0 Å². The number of hydrogen-bond acceptors (Lipinski definition) is 4. The maximum Gasteiger partial charge on any atom is 0.269 e. The highest BCUT2D eigenvalue weighted by Crippen LogP contribution is 2.48. The Morgan fingerprint density at radius 1 is 1.42 bits per heavy atom.